The van der Waals surface area contributed by atoms with Gasteiger partial charge in [0.05, 0.1) is 10.7 Å². The molecule has 9 nitrogen and oxygen atoms in total. The Labute approximate surface area is 230 Å². The number of aryl methyl sites for hydroxylation is 1. The number of halogens is 3. The Kier molecular flexibility index (Phi) is 8.52. The van der Waals surface area contributed by atoms with Crippen LogP contribution in [0.4, 0.5) is 0 Å². The van der Waals surface area contributed by atoms with Gasteiger partial charge in [-0.25, -0.2) is 5.43 Å². The molecule has 0 saturated carbocycles. The van der Waals surface area contributed by atoms with Gasteiger partial charge in [0.25, 0.3) is 11.8 Å². The summed E-state index contributed by atoms with van der Waals surface area (Å²) in [7, 11) is 0. The van der Waals surface area contributed by atoms with Crippen LogP contribution in [0.25, 0.3) is 0 Å². The van der Waals surface area contributed by atoms with Crippen LogP contribution in [0.3, 0.4) is 0 Å². The molecule has 0 fully saturated rings. The molecule has 3 aromatic rings. The van der Waals surface area contributed by atoms with Gasteiger partial charge in [0.1, 0.15) is 11.5 Å². The summed E-state index contributed by atoms with van der Waals surface area (Å²) < 4.78 is 12.0. The quantitative estimate of drug-likeness (QED) is 0.342. The summed E-state index contributed by atoms with van der Waals surface area (Å²) in [4.78, 5) is 37.3. The zero-order valence-corrected chi connectivity index (χ0v) is 22.6. The number of carbonyl (C=O) groups excluding carboxylic acids is 3. The molecule has 0 saturated heterocycles. The lowest BCUT2D eigenvalue weighted by molar-refractivity contribution is -0.123. The van der Waals surface area contributed by atoms with E-state index in [1.54, 1.807) is 37.3 Å². The van der Waals surface area contributed by atoms with Gasteiger partial charge in [-0.05, 0) is 62.2 Å². The molecule has 0 bridgehead atoms. The van der Waals surface area contributed by atoms with Crippen molar-refractivity contribution in [3.8, 4) is 5.75 Å². The number of benzene rings is 2. The number of hydrogen-bond donors (Lipinski definition) is 3. The predicted molar refractivity (Wildman–Crippen MR) is 142 cm³/mol. The molecule has 4 rings (SSSR count). The standard InChI is InChI=1S/C25H21BrCl2N4O5/c1-13-22-18(29-31-24(34)14-5-7-15(26)8-6-14)3-2-4-20(22)37-23(13)25(35)32-30-21(33)12-36-19-10-9-16(27)11-17(19)28/h5-11H,2-4,12H2,1H3,(H,30,33)(H,31,34)(H,32,35)/b29-18+. The van der Waals surface area contributed by atoms with Crippen LogP contribution >= 0.6 is 39.1 Å². The molecule has 1 heterocycles. The Bertz CT molecular complexity index is 1390. The first kappa shape index (κ1) is 26.7. The lowest BCUT2D eigenvalue weighted by Crippen LogP contribution is -2.43. The molecule has 0 atom stereocenters. The molecule has 0 radical (unpaired) electrons. The third-order valence-electron chi connectivity index (χ3n) is 5.50. The number of hydrogen-bond acceptors (Lipinski definition) is 6. The fourth-order valence-electron chi connectivity index (χ4n) is 3.74. The number of hydrazone groups is 1. The Morgan fingerprint density at radius 3 is 2.54 bits per heavy atom. The van der Waals surface area contributed by atoms with Gasteiger partial charge in [0.2, 0.25) is 0 Å². The zero-order valence-electron chi connectivity index (χ0n) is 19.5. The van der Waals surface area contributed by atoms with Crippen LogP contribution in [0, 0.1) is 6.92 Å². The molecule has 1 aliphatic rings. The molecule has 0 unspecified atom stereocenters. The minimum Gasteiger partial charge on any atom is -0.482 e. The van der Waals surface area contributed by atoms with Gasteiger partial charge in [-0.3, -0.25) is 25.2 Å². The van der Waals surface area contributed by atoms with Crippen LogP contribution in [-0.2, 0) is 11.2 Å². The second kappa shape index (κ2) is 11.8. The van der Waals surface area contributed by atoms with E-state index in [2.05, 4.69) is 37.3 Å². The molecule has 1 aromatic heterocycles. The van der Waals surface area contributed by atoms with Gasteiger partial charge in [0.15, 0.2) is 12.4 Å². The minimum absolute atomic E-state index is 0.0424. The highest BCUT2D eigenvalue weighted by molar-refractivity contribution is 9.10. The summed E-state index contributed by atoms with van der Waals surface area (Å²) in [6, 6.07) is 11.5. The Morgan fingerprint density at radius 1 is 1.05 bits per heavy atom. The second-order valence-electron chi connectivity index (χ2n) is 8.08. The van der Waals surface area contributed by atoms with E-state index in [4.69, 9.17) is 32.4 Å². The van der Waals surface area contributed by atoms with Crippen LogP contribution in [0.1, 0.15) is 50.6 Å². The molecular weight excluding hydrogens is 587 g/mol. The van der Waals surface area contributed by atoms with Gasteiger partial charge in [-0.2, -0.15) is 5.10 Å². The van der Waals surface area contributed by atoms with Crippen molar-refractivity contribution < 1.29 is 23.5 Å². The number of carbonyl (C=O) groups is 3. The number of rotatable bonds is 6. The molecule has 0 spiro atoms. The topological polar surface area (TPSA) is 122 Å². The monoisotopic (exact) mass is 606 g/mol. The molecule has 37 heavy (non-hydrogen) atoms. The van der Waals surface area contributed by atoms with Crippen molar-refractivity contribution in [2.45, 2.75) is 26.2 Å². The Morgan fingerprint density at radius 2 is 1.81 bits per heavy atom. The summed E-state index contributed by atoms with van der Waals surface area (Å²) in [6.45, 7) is 1.34. The predicted octanol–water partition coefficient (Wildman–Crippen LogP) is 4.97. The average molecular weight is 608 g/mol. The first-order valence-corrected chi connectivity index (χ1v) is 12.7. The van der Waals surface area contributed by atoms with Crippen molar-refractivity contribution in [1.82, 2.24) is 16.3 Å². The van der Waals surface area contributed by atoms with Gasteiger partial charge < -0.3 is 9.15 Å². The van der Waals surface area contributed by atoms with E-state index < -0.39 is 11.8 Å². The number of nitrogens with zero attached hydrogens (tertiary/aromatic N) is 1. The van der Waals surface area contributed by atoms with E-state index in [0.29, 0.717) is 46.0 Å². The van der Waals surface area contributed by atoms with Gasteiger partial charge >= 0.3 is 5.91 Å². The van der Waals surface area contributed by atoms with Crippen LogP contribution in [0.5, 0.6) is 5.75 Å². The smallest absolute Gasteiger partial charge is 0.305 e. The van der Waals surface area contributed by atoms with Crippen LogP contribution in [-0.4, -0.2) is 30.0 Å². The highest BCUT2D eigenvalue weighted by atomic mass is 79.9. The normalized spacial score (nSPS) is 13.6. The van der Waals surface area contributed by atoms with Crippen LogP contribution < -0.4 is 21.0 Å². The maximum atomic E-state index is 12.7. The molecule has 192 valence electrons. The number of fused-ring (bicyclic) bond motifs is 1. The van der Waals surface area contributed by atoms with Crippen LogP contribution in [0.15, 0.2) is 56.5 Å². The zero-order chi connectivity index (χ0) is 26.5. The first-order valence-electron chi connectivity index (χ1n) is 11.1. The lowest BCUT2D eigenvalue weighted by atomic mass is 9.93. The maximum absolute atomic E-state index is 12.7. The van der Waals surface area contributed by atoms with Crippen molar-refractivity contribution in [2.75, 3.05) is 6.61 Å². The third kappa shape index (κ3) is 6.51. The second-order valence-corrected chi connectivity index (χ2v) is 9.84. The van der Waals surface area contributed by atoms with Crippen molar-refractivity contribution >= 4 is 62.6 Å². The fourth-order valence-corrected chi connectivity index (χ4v) is 4.46. The molecule has 0 aliphatic heterocycles. The first-order chi connectivity index (χ1) is 17.7. The summed E-state index contributed by atoms with van der Waals surface area (Å²) in [5.74, 6) is -0.676. The largest absolute Gasteiger partial charge is 0.482 e. The van der Waals surface area contributed by atoms with Gasteiger partial charge in [-0.15, -0.1) is 0 Å². The number of ether oxygens (including phenoxy) is 1. The number of furan rings is 1. The highest BCUT2D eigenvalue weighted by Gasteiger charge is 2.28. The summed E-state index contributed by atoms with van der Waals surface area (Å²) in [6.07, 6.45) is 1.97. The minimum atomic E-state index is -0.636. The van der Waals surface area contributed by atoms with E-state index >= 15 is 0 Å². The molecule has 3 amide bonds. The third-order valence-corrected chi connectivity index (χ3v) is 6.56. The van der Waals surface area contributed by atoms with Crippen LogP contribution in [0.2, 0.25) is 10.0 Å². The van der Waals surface area contributed by atoms with E-state index in [1.807, 2.05) is 0 Å². The molecule has 12 heteroatoms. The SMILES string of the molecule is Cc1c(C(=O)NNC(=O)COc2ccc(Cl)cc2Cl)oc2c1/C(=N/NC(=O)c1ccc(Br)cc1)CCC2. The van der Waals surface area contributed by atoms with Crippen molar-refractivity contribution in [3.05, 3.63) is 85.2 Å². The van der Waals surface area contributed by atoms with E-state index in [1.165, 1.54) is 12.1 Å². The number of nitrogens with one attached hydrogen (secondary N) is 3. The van der Waals surface area contributed by atoms with E-state index in [-0.39, 0.29) is 29.0 Å². The summed E-state index contributed by atoms with van der Waals surface area (Å²) >= 11 is 15.2. The van der Waals surface area contributed by atoms with Crippen molar-refractivity contribution in [2.24, 2.45) is 5.10 Å². The van der Waals surface area contributed by atoms with Crippen molar-refractivity contribution in [1.29, 1.82) is 0 Å². The number of hydrazine groups is 1. The Hall–Kier alpha value is -3.34. The summed E-state index contributed by atoms with van der Waals surface area (Å²) in [5.41, 5.74) is 9.49. The summed E-state index contributed by atoms with van der Waals surface area (Å²) in [5, 5.41) is 5.00. The molecule has 1 aliphatic carbocycles. The Balaban J connectivity index is 1.38. The lowest BCUT2D eigenvalue weighted by Gasteiger charge is -2.13. The molecule has 2 aromatic carbocycles. The maximum Gasteiger partial charge on any atom is 0.305 e. The van der Waals surface area contributed by atoms with Gasteiger partial charge in [0, 0.05) is 32.6 Å². The number of amides is 3. The van der Waals surface area contributed by atoms with Gasteiger partial charge in [-0.1, -0.05) is 39.1 Å². The fraction of sp³-hybridized carbons (Fsp3) is 0.200. The molecule has 3 N–H and O–H groups in total. The molecular formula is C25H21BrCl2N4O5. The van der Waals surface area contributed by atoms with Crippen molar-refractivity contribution in [3.63, 3.8) is 0 Å². The average Bonchev–Trinajstić information content (AvgIpc) is 3.22. The van der Waals surface area contributed by atoms with E-state index in [0.717, 1.165) is 10.9 Å². The highest BCUT2D eigenvalue weighted by Crippen LogP contribution is 2.30. The van der Waals surface area contributed by atoms with E-state index in [9.17, 15) is 14.4 Å².